The summed E-state index contributed by atoms with van der Waals surface area (Å²) < 4.78 is 33.6. The van der Waals surface area contributed by atoms with Crippen LogP contribution in [0, 0.1) is 0 Å². The summed E-state index contributed by atoms with van der Waals surface area (Å²) in [4.78, 5) is 12.5. The number of carbonyl (C=O) groups excluding carboxylic acids is 1. The van der Waals surface area contributed by atoms with Crippen LogP contribution in [0.25, 0.3) is 0 Å². The molecule has 1 aliphatic rings. The van der Waals surface area contributed by atoms with E-state index in [2.05, 4.69) is 6.58 Å². The van der Waals surface area contributed by atoms with E-state index in [9.17, 15) is 17.1 Å². The minimum absolute atomic E-state index is 0.0650. The first-order valence-electron chi connectivity index (χ1n) is 4.16. The SMILES string of the molecule is C=C(C)CN1CC(S(=O)(=O)F)CC1=O. The fraction of sp³-hybridized carbons (Fsp3) is 0.625. The van der Waals surface area contributed by atoms with Crippen molar-refractivity contribution in [2.24, 2.45) is 0 Å². The molecule has 14 heavy (non-hydrogen) atoms. The molecule has 1 unspecified atom stereocenters. The van der Waals surface area contributed by atoms with E-state index in [1.807, 2.05) is 0 Å². The zero-order chi connectivity index (χ0) is 10.9. The van der Waals surface area contributed by atoms with E-state index >= 15 is 0 Å². The molecule has 1 rings (SSSR count). The zero-order valence-corrected chi connectivity index (χ0v) is 8.68. The summed E-state index contributed by atoms with van der Waals surface area (Å²) in [7, 11) is -4.60. The van der Waals surface area contributed by atoms with E-state index < -0.39 is 15.5 Å². The maximum atomic E-state index is 12.5. The van der Waals surface area contributed by atoms with Gasteiger partial charge < -0.3 is 4.90 Å². The second kappa shape index (κ2) is 3.68. The molecule has 0 aromatic carbocycles. The Balaban J connectivity index is 2.70. The molecular formula is C8H12FNO3S. The summed E-state index contributed by atoms with van der Waals surface area (Å²) >= 11 is 0. The van der Waals surface area contributed by atoms with Gasteiger partial charge in [0.25, 0.3) is 0 Å². The number of nitrogens with zero attached hydrogens (tertiary/aromatic N) is 1. The zero-order valence-electron chi connectivity index (χ0n) is 7.86. The van der Waals surface area contributed by atoms with Crippen LogP contribution < -0.4 is 0 Å². The fourth-order valence-electron chi connectivity index (χ4n) is 1.40. The topological polar surface area (TPSA) is 54.5 Å². The normalized spacial score (nSPS) is 22.9. The largest absolute Gasteiger partial charge is 0.337 e. The van der Waals surface area contributed by atoms with Gasteiger partial charge in [0.2, 0.25) is 5.91 Å². The molecular weight excluding hydrogens is 209 g/mol. The van der Waals surface area contributed by atoms with Gasteiger partial charge in [0.15, 0.2) is 0 Å². The van der Waals surface area contributed by atoms with Gasteiger partial charge in [0.1, 0.15) is 5.25 Å². The van der Waals surface area contributed by atoms with Gasteiger partial charge in [-0.3, -0.25) is 4.79 Å². The van der Waals surface area contributed by atoms with Gasteiger partial charge in [-0.25, -0.2) is 0 Å². The Morgan fingerprint density at radius 2 is 2.29 bits per heavy atom. The van der Waals surface area contributed by atoms with Crippen LogP contribution in [0.3, 0.4) is 0 Å². The molecule has 80 valence electrons. The van der Waals surface area contributed by atoms with E-state index in [1.54, 1.807) is 6.92 Å². The standard InChI is InChI=1S/C8H12FNO3S/c1-6(2)4-10-5-7(3-8(10)11)14(9,12)13/h7H,1,3-5H2,2H3. The van der Waals surface area contributed by atoms with Gasteiger partial charge in [-0.05, 0) is 6.92 Å². The smallest absolute Gasteiger partial charge is 0.307 e. The Hall–Kier alpha value is -0.910. The van der Waals surface area contributed by atoms with E-state index in [1.165, 1.54) is 4.90 Å². The van der Waals surface area contributed by atoms with Gasteiger partial charge >= 0.3 is 10.2 Å². The lowest BCUT2D eigenvalue weighted by Crippen LogP contribution is -2.28. The van der Waals surface area contributed by atoms with E-state index in [0.29, 0.717) is 6.54 Å². The van der Waals surface area contributed by atoms with Crippen LogP contribution in [0.4, 0.5) is 3.89 Å². The maximum Gasteiger partial charge on any atom is 0.307 e. The number of hydrogen-bond donors (Lipinski definition) is 0. The molecule has 1 heterocycles. The van der Waals surface area contributed by atoms with Crippen LogP contribution in [0.15, 0.2) is 12.2 Å². The summed E-state index contributed by atoms with van der Waals surface area (Å²) in [5.74, 6) is -0.334. The van der Waals surface area contributed by atoms with Gasteiger partial charge in [0.05, 0.1) is 0 Å². The highest BCUT2D eigenvalue weighted by Crippen LogP contribution is 2.20. The lowest BCUT2D eigenvalue weighted by Gasteiger charge is -2.15. The highest BCUT2D eigenvalue weighted by molar-refractivity contribution is 7.87. The van der Waals surface area contributed by atoms with Crippen molar-refractivity contribution in [1.29, 1.82) is 0 Å². The number of carbonyl (C=O) groups is 1. The summed E-state index contributed by atoms with van der Waals surface area (Å²) in [6, 6.07) is 0. The van der Waals surface area contributed by atoms with Crippen molar-refractivity contribution >= 4 is 16.1 Å². The van der Waals surface area contributed by atoms with Crippen molar-refractivity contribution in [3.05, 3.63) is 12.2 Å². The molecule has 1 saturated heterocycles. The van der Waals surface area contributed by atoms with Gasteiger partial charge in [-0.1, -0.05) is 12.2 Å². The second-order valence-corrected chi connectivity index (χ2v) is 5.15. The first-order chi connectivity index (χ1) is 6.30. The van der Waals surface area contributed by atoms with Crippen molar-refractivity contribution in [3.63, 3.8) is 0 Å². The van der Waals surface area contributed by atoms with Crippen LogP contribution in [0.1, 0.15) is 13.3 Å². The minimum atomic E-state index is -4.60. The van der Waals surface area contributed by atoms with Crippen LogP contribution in [-0.4, -0.2) is 37.6 Å². The number of likely N-dealkylation sites (tertiary alicyclic amines) is 1. The van der Waals surface area contributed by atoms with Crippen molar-refractivity contribution in [3.8, 4) is 0 Å². The first-order valence-corrected chi connectivity index (χ1v) is 5.61. The maximum absolute atomic E-state index is 12.5. The predicted molar refractivity (Wildman–Crippen MR) is 49.8 cm³/mol. The Bertz CT molecular complexity index is 363. The van der Waals surface area contributed by atoms with Crippen molar-refractivity contribution < 1.29 is 17.1 Å². The van der Waals surface area contributed by atoms with Gasteiger partial charge in [-0.15, -0.1) is 3.89 Å². The molecule has 0 saturated carbocycles. The Morgan fingerprint density at radius 1 is 1.71 bits per heavy atom. The number of amides is 1. The molecule has 1 atom stereocenters. The third kappa shape index (κ3) is 2.54. The molecule has 1 aliphatic heterocycles. The molecule has 0 aromatic rings. The van der Waals surface area contributed by atoms with E-state index in [0.717, 1.165) is 5.57 Å². The van der Waals surface area contributed by atoms with Crippen molar-refractivity contribution in [2.75, 3.05) is 13.1 Å². The average Bonchev–Trinajstić information content (AvgIpc) is 2.30. The average molecular weight is 221 g/mol. The molecule has 0 radical (unpaired) electrons. The summed E-state index contributed by atoms with van der Waals surface area (Å²) in [5, 5.41) is -1.20. The third-order valence-corrected chi connectivity index (χ3v) is 3.15. The molecule has 1 fully saturated rings. The van der Waals surface area contributed by atoms with E-state index in [-0.39, 0.29) is 18.9 Å². The fourth-order valence-corrected chi connectivity index (χ4v) is 2.10. The van der Waals surface area contributed by atoms with Crippen LogP contribution in [0.5, 0.6) is 0 Å². The molecule has 0 aliphatic carbocycles. The molecule has 6 heteroatoms. The monoisotopic (exact) mass is 221 g/mol. The quantitative estimate of drug-likeness (QED) is 0.514. The van der Waals surface area contributed by atoms with Gasteiger partial charge in [0, 0.05) is 19.5 Å². The predicted octanol–water partition coefficient (Wildman–Crippen LogP) is 0.463. The van der Waals surface area contributed by atoms with Crippen LogP contribution >= 0.6 is 0 Å². The lowest BCUT2D eigenvalue weighted by molar-refractivity contribution is -0.127. The molecule has 0 aromatic heterocycles. The number of rotatable bonds is 3. The molecule has 4 nitrogen and oxygen atoms in total. The Kier molecular flexibility index (Phi) is 2.94. The van der Waals surface area contributed by atoms with Crippen LogP contribution in [0.2, 0.25) is 0 Å². The Labute approximate surface area is 82.6 Å². The summed E-state index contributed by atoms with van der Waals surface area (Å²) in [6.45, 7) is 5.56. The van der Waals surface area contributed by atoms with Crippen molar-refractivity contribution in [1.82, 2.24) is 4.90 Å². The Morgan fingerprint density at radius 3 is 2.64 bits per heavy atom. The van der Waals surface area contributed by atoms with Crippen LogP contribution in [-0.2, 0) is 15.0 Å². The lowest BCUT2D eigenvalue weighted by atomic mass is 10.3. The molecule has 0 spiro atoms. The molecule has 1 amide bonds. The number of halogens is 1. The third-order valence-electron chi connectivity index (χ3n) is 2.04. The second-order valence-electron chi connectivity index (χ2n) is 3.53. The summed E-state index contributed by atoms with van der Waals surface area (Å²) in [5.41, 5.74) is 0.746. The highest BCUT2D eigenvalue weighted by Gasteiger charge is 2.38. The number of hydrogen-bond acceptors (Lipinski definition) is 3. The van der Waals surface area contributed by atoms with E-state index in [4.69, 9.17) is 0 Å². The molecule has 0 N–H and O–H groups in total. The minimum Gasteiger partial charge on any atom is -0.337 e. The highest BCUT2D eigenvalue weighted by atomic mass is 32.3. The molecule has 0 bridgehead atoms. The first kappa shape index (κ1) is 11.2. The summed E-state index contributed by atoms with van der Waals surface area (Å²) in [6.07, 6.45) is -0.258. The van der Waals surface area contributed by atoms with Gasteiger partial charge in [-0.2, -0.15) is 8.42 Å². The van der Waals surface area contributed by atoms with Crippen molar-refractivity contribution in [2.45, 2.75) is 18.6 Å².